The molecule has 1 aliphatic heterocycles. The van der Waals surface area contributed by atoms with Gasteiger partial charge in [-0.05, 0) is 87.5 Å². The van der Waals surface area contributed by atoms with E-state index in [1.165, 1.54) is 0 Å². The molecule has 6 aromatic rings. The summed E-state index contributed by atoms with van der Waals surface area (Å²) in [5.41, 5.74) is 7.31. The van der Waals surface area contributed by atoms with E-state index in [-0.39, 0.29) is 16.2 Å². The molecule has 4 heterocycles. The monoisotopic (exact) mass is 600 g/mol. The summed E-state index contributed by atoms with van der Waals surface area (Å²) in [6, 6.07) is 18.3. The maximum Gasteiger partial charge on any atom is 0.248 e. The van der Waals surface area contributed by atoms with E-state index in [0.29, 0.717) is 35.3 Å². The summed E-state index contributed by atoms with van der Waals surface area (Å²) < 4.78 is 19.0. The van der Waals surface area contributed by atoms with Gasteiger partial charge in [0.1, 0.15) is 0 Å². The second kappa shape index (κ2) is 9.79. The molecule has 3 aromatic heterocycles. The van der Waals surface area contributed by atoms with Crippen molar-refractivity contribution >= 4 is 0 Å². The molecule has 7 rings (SSSR count). The standard InChI is InChI=1S/C36H36N6O3/c1-34(2,3)25-13-19-10-20(14-25)29-38-40-31(44-29)22-12-24(18-27(16-22)36(7,8)9)33-42-41-32(45-33)23-11-21(30-39-37-28(19)43-30)15-26(17-23)35(4,5)6/h10-18H,1-9H3. The summed E-state index contributed by atoms with van der Waals surface area (Å²) in [7, 11) is 0. The Morgan fingerprint density at radius 1 is 0.311 bits per heavy atom. The molecule has 0 unspecified atom stereocenters. The number of fused-ring (bicyclic) bond motifs is 18. The highest BCUT2D eigenvalue weighted by atomic mass is 16.4. The second-order valence-electron chi connectivity index (χ2n) is 14.9. The SMILES string of the molecule is CC(C)(C)c1cc2cc(c1)-c1nnc(o1)-c1cc(cc(C(C)(C)C)c1)-c1nnc(o1)-c1cc(cc(C(C)(C)C)c1)-c1nnc-2o1. The topological polar surface area (TPSA) is 117 Å². The Kier molecular flexibility index (Phi) is 6.27. The zero-order valence-corrected chi connectivity index (χ0v) is 27.1. The van der Waals surface area contributed by atoms with Crippen molar-refractivity contribution < 1.29 is 13.3 Å². The summed E-state index contributed by atoms with van der Waals surface area (Å²) in [6.45, 7) is 19.4. The molecule has 1 aliphatic rings. The Hall–Kier alpha value is -4.92. The molecule has 228 valence electrons. The molecule has 0 fully saturated rings. The third-order valence-electron chi connectivity index (χ3n) is 8.15. The number of benzene rings is 3. The van der Waals surface area contributed by atoms with E-state index in [0.717, 1.165) is 50.1 Å². The normalized spacial score (nSPS) is 13.0. The van der Waals surface area contributed by atoms with Gasteiger partial charge in [-0.15, -0.1) is 30.6 Å². The summed E-state index contributed by atoms with van der Waals surface area (Å²) in [4.78, 5) is 0. The van der Waals surface area contributed by atoms with Crippen LogP contribution in [0, 0.1) is 0 Å². The first-order valence-corrected chi connectivity index (χ1v) is 15.1. The number of hydrogen-bond acceptors (Lipinski definition) is 9. The number of hydrogen-bond donors (Lipinski definition) is 0. The van der Waals surface area contributed by atoms with Crippen molar-refractivity contribution in [3.63, 3.8) is 0 Å². The van der Waals surface area contributed by atoms with E-state index >= 15 is 0 Å². The zero-order chi connectivity index (χ0) is 31.9. The molecule has 45 heavy (non-hydrogen) atoms. The molecule has 0 spiro atoms. The van der Waals surface area contributed by atoms with Gasteiger partial charge in [0.25, 0.3) is 0 Å². The molecule has 3 aromatic carbocycles. The van der Waals surface area contributed by atoms with Crippen molar-refractivity contribution in [3.8, 4) is 68.7 Å². The lowest BCUT2D eigenvalue weighted by Gasteiger charge is -2.20. The maximum atomic E-state index is 6.34. The fraction of sp³-hybridized carbons (Fsp3) is 0.333. The minimum atomic E-state index is -0.167. The van der Waals surface area contributed by atoms with E-state index in [1.807, 2.05) is 18.2 Å². The van der Waals surface area contributed by atoms with Crippen molar-refractivity contribution in [3.05, 3.63) is 71.3 Å². The van der Waals surface area contributed by atoms with Crippen molar-refractivity contribution in [2.45, 2.75) is 78.6 Å². The Morgan fingerprint density at radius 2 is 0.489 bits per heavy atom. The number of nitrogens with zero attached hydrogens (tertiary/aromatic N) is 6. The van der Waals surface area contributed by atoms with Crippen LogP contribution in [0.15, 0.2) is 67.8 Å². The molecule has 0 aliphatic carbocycles. The summed E-state index contributed by atoms with van der Waals surface area (Å²) in [5.74, 6) is 2.35. The van der Waals surface area contributed by atoms with Gasteiger partial charge in [0, 0.05) is 33.4 Å². The Morgan fingerprint density at radius 3 is 0.644 bits per heavy atom. The van der Waals surface area contributed by atoms with Crippen LogP contribution < -0.4 is 0 Å². The van der Waals surface area contributed by atoms with Gasteiger partial charge in [-0.3, -0.25) is 0 Å². The van der Waals surface area contributed by atoms with Crippen molar-refractivity contribution in [2.75, 3.05) is 0 Å². The molecular weight excluding hydrogens is 564 g/mol. The third kappa shape index (κ3) is 5.36. The van der Waals surface area contributed by atoms with Gasteiger partial charge in [0.2, 0.25) is 35.3 Å². The Balaban J connectivity index is 1.53. The van der Waals surface area contributed by atoms with Crippen LogP contribution in [0.25, 0.3) is 68.7 Å². The second-order valence-corrected chi connectivity index (χ2v) is 14.9. The summed E-state index contributed by atoms with van der Waals surface area (Å²) in [5, 5.41) is 26.8. The van der Waals surface area contributed by atoms with Crippen molar-refractivity contribution in [2.24, 2.45) is 0 Å². The molecule has 0 saturated heterocycles. The average molecular weight is 601 g/mol. The Bertz CT molecular complexity index is 1730. The van der Waals surface area contributed by atoms with E-state index < -0.39 is 0 Å². The largest absolute Gasteiger partial charge is 0.416 e. The van der Waals surface area contributed by atoms with Crippen molar-refractivity contribution in [1.82, 2.24) is 30.6 Å². The van der Waals surface area contributed by atoms with Gasteiger partial charge in [-0.2, -0.15) is 0 Å². The molecule has 9 nitrogen and oxygen atoms in total. The van der Waals surface area contributed by atoms with E-state index in [1.54, 1.807) is 0 Å². The quantitative estimate of drug-likeness (QED) is 0.168. The van der Waals surface area contributed by atoms with E-state index in [4.69, 9.17) is 13.3 Å². The van der Waals surface area contributed by atoms with Crippen LogP contribution in [0.1, 0.15) is 79.0 Å². The number of rotatable bonds is 0. The molecule has 9 heteroatoms. The molecule has 12 bridgehead atoms. The summed E-state index contributed by atoms with van der Waals surface area (Å²) in [6.07, 6.45) is 0. The molecule has 0 atom stereocenters. The predicted octanol–water partition coefficient (Wildman–Crippen LogP) is 9.04. The first kappa shape index (κ1) is 28.8. The molecular formula is C36H36N6O3. The van der Waals surface area contributed by atoms with Gasteiger partial charge in [-0.25, -0.2) is 0 Å². The van der Waals surface area contributed by atoms with Crippen LogP contribution in [-0.2, 0) is 16.2 Å². The first-order valence-electron chi connectivity index (χ1n) is 15.1. The van der Waals surface area contributed by atoms with Crippen LogP contribution in [0.4, 0.5) is 0 Å². The third-order valence-corrected chi connectivity index (χ3v) is 8.15. The van der Waals surface area contributed by atoms with Gasteiger partial charge >= 0.3 is 0 Å². The van der Waals surface area contributed by atoms with Gasteiger partial charge in [0.05, 0.1) is 0 Å². The minimum absolute atomic E-state index is 0.167. The number of aromatic nitrogens is 6. The van der Waals surface area contributed by atoms with Gasteiger partial charge in [0.15, 0.2) is 0 Å². The fourth-order valence-electron chi connectivity index (χ4n) is 5.29. The highest BCUT2D eigenvalue weighted by Gasteiger charge is 2.25. The van der Waals surface area contributed by atoms with Crippen LogP contribution in [0.3, 0.4) is 0 Å². The Labute approximate surface area is 262 Å². The van der Waals surface area contributed by atoms with Crippen LogP contribution in [0.5, 0.6) is 0 Å². The van der Waals surface area contributed by atoms with E-state index in [2.05, 4.69) is 129 Å². The summed E-state index contributed by atoms with van der Waals surface area (Å²) >= 11 is 0. The predicted molar refractivity (Wildman–Crippen MR) is 172 cm³/mol. The van der Waals surface area contributed by atoms with Gasteiger partial charge < -0.3 is 13.3 Å². The van der Waals surface area contributed by atoms with E-state index in [9.17, 15) is 0 Å². The average Bonchev–Trinajstić information content (AvgIpc) is 3.76. The molecule has 0 N–H and O–H groups in total. The van der Waals surface area contributed by atoms with Crippen LogP contribution in [0.2, 0.25) is 0 Å². The lowest BCUT2D eigenvalue weighted by molar-refractivity contribution is 0.571. The maximum absolute atomic E-state index is 6.34. The highest BCUT2D eigenvalue weighted by Crippen LogP contribution is 2.39. The smallest absolute Gasteiger partial charge is 0.248 e. The van der Waals surface area contributed by atoms with Crippen LogP contribution >= 0.6 is 0 Å². The van der Waals surface area contributed by atoms with Crippen molar-refractivity contribution in [1.29, 1.82) is 0 Å². The first-order chi connectivity index (χ1) is 21.1. The fourth-order valence-corrected chi connectivity index (χ4v) is 5.29. The lowest BCUT2D eigenvalue weighted by Crippen LogP contribution is -2.11. The highest BCUT2D eigenvalue weighted by molar-refractivity contribution is 5.72. The molecule has 0 saturated carbocycles. The molecule has 0 amide bonds. The minimum Gasteiger partial charge on any atom is -0.416 e. The van der Waals surface area contributed by atoms with Gasteiger partial charge in [-0.1, -0.05) is 62.3 Å². The lowest BCUT2D eigenvalue weighted by atomic mass is 9.85. The van der Waals surface area contributed by atoms with Crippen LogP contribution in [-0.4, -0.2) is 30.6 Å². The molecule has 0 radical (unpaired) electrons. The zero-order valence-electron chi connectivity index (χ0n) is 27.1.